The maximum atomic E-state index is 12.7. The quantitative estimate of drug-likeness (QED) is 0.747. The monoisotopic (exact) mass is 402 g/mol. The summed E-state index contributed by atoms with van der Waals surface area (Å²) in [5.74, 6) is -3.72. The first-order valence-electron chi connectivity index (χ1n) is 6.04. The molecule has 0 aromatic heterocycles. The van der Waals surface area contributed by atoms with E-state index in [1.54, 1.807) is 0 Å². The molecule has 0 spiro atoms. The van der Waals surface area contributed by atoms with Gasteiger partial charge in [-0.25, -0.2) is 13.1 Å². The maximum absolute atomic E-state index is 12.7. The highest BCUT2D eigenvalue weighted by Gasteiger charge is 2.39. The van der Waals surface area contributed by atoms with E-state index < -0.39 is 47.5 Å². The zero-order valence-electron chi connectivity index (χ0n) is 11.1. The summed E-state index contributed by atoms with van der Waals surface area (Å²) in [6.45, 7) is -0.935. The molecule has 0 fully saturated rings. The van der Waals surface area contributed by atoms with Gasteiger partial charge in [-0.1, -0.05) is 15.9 Å². The minimum Gasteiger partial charge on any atom is -0.550 e. The summed E-state index contributed by atoms with van der Waals surface area (Å²) in [7, 11) is -4.10. The molecule has 0 aliphatic rings. The van der Waals surface area contributed by atoms with Gasteiger partial charge in [-0.05, 0) is 37.1 Å². The van der Waals surface area contributed by atoms with Gasteiger partial charge >= 0.3 is 6.18 Å². The third-order valence-electron chi connectivity index (χ3n) is 2.80. The van der Waals surface area contributed by atoms with Gasteiger partial charge in [-0.15, -0.1) is 0 Å². The summed E-state index contributed by atoms with van der Waals surface area (Å²) in [6, 6.07) is 5.34. The lowest BCUT2D eigenvalue weighted by molar-refractivity contribution is -0.306. The third kappa shape index (κ3) is 5.93. The predicted molar refractivity (Wildman–Crippen MR) is 73.1 cm³/mol. The second kappa shape index (κ2) is 7.42. The van der Waals surface area contributed by atoms with Crippen LogP contribution in [0.1, 0.15) is 12.8 Å². The SMILES string of the molecule is O=C([O-])CC[C@@H](CNS(=O)(=O)c1ccc(Br)cc1)C(F)(F)F. The van der Waals surface area contributed by atoms with Crippen molar-refractivity contribution in [1.29, 1.82) is 0 Å². The Bertz CT molecular complexity index is 616. The third-order valence-corrected chi connectivity index (χ3v) is 4.77. The lowest BCUT2D eigenvalue weighted by Crippen LogP contribution is -2.37. The van der Waals surface area contributed by atoms with Gasteiger partial charge in [-0.3, -0.25) is 0 Å². The van der Waals surface area contributed by atoms with Crippen molar-refractivity contribution in [3.05, 3.63) is 28.7 Å². The Morgan fingerprint density at radius 1 is 1.27 bits per heavy atom. The van der Waals surface area contributed by atoms with Gasteiger partial charge in [0.2, 0.25) is 10.0 Å². The van der Waals surface area contributed by atoms with E-state index in [0.717, 1.165) is 0 Å². The molecule has 0 unspecified atom stereocenters. The summed E-state index contributed by atoms with van der Waals surface area (Å²) in [4.78, 5) is 10.1. The first-order valence-corrected chi connectivity index (χ1v) is 8.32. The molecule has 0 aliphatic heterocycles. The molecule has 0 bridgehead atoms. The maximum Gasteiger partial charge on any atom is 0.393 e. The van der Waals surface area contributed by atoms with E-state index in [1.807, 2.05) is 4.72 Å². The Morgan fingerprint density at radius 2 is 1.82 bits per heavy atom. The molecule has 0 heterocycles. The molecule has 1 N–H and O–H groups in total. The number of rotatable bonds is 7. The molecule has 0 aliphatic carbocycles. The number of carboxylic acids is 1. The van der Waals surface area contributed by atoms with E-state index in [-0.39, 0.29) is 4.90 Å². The summed E-state index contributed by atoms with van der Waals surface area (Å²) >= 11 is 3.11. The summed E-state index contributed by atoms with van der Waals surface area (Å²) < 4.78 is 64.5. The lowest BCUT2D eigenvalue weighted by Gasteiger charge is -2.20. The van der Waals surface area contributed by atoms with Crippen LogP contribution in [0.2, 0.25) is 0 Å². The van der Waals surface area contributed by atoms with E-state index in [2.05, 4.69) is 15.9 Å². The van der Waals surface area contributed by atoms with E-state index in [9.17, 15) is 31.5 Å². The normalized spacial score (nSPS) is 13.8. The van der Waals surface area contributed by atoms with Crippen molar-refractivity contribution >= 4 is 31.9 Å². The zero-order valence-corrected chi connectivity index (χ0v) is 13.5. The first-order chi connectivity index (χ1) is 10.0. The van der Waals surface area contributed by atoms with E-state index >= 15 is 0 Å². The van der Waals surface area contributed by atoms with Crippen molar-refractivity contribution in [2.45, 2.75) is 23.9 Å². The van der Waals surface area contributed by atoms with Crippen LogP contribution in [0, 0.1) is 5.92 Å². The fraction of sp³-hybridized carbons (Fsp3) is 0.417. The highest BCUT2D eigenvalue weighted by atomic mass is 79.9. The second-order valence-corrected chi connectivity index (χ2v) is 7.14. The number of carboxylic acid groups (broad SMARTS) is 1. The molecule has 10 heteroatoms. The molecule has 0 saturated heterocycles. The van der Waals surface area contributed by atoms with Gasteiger partial charge in [0.25, 0.3) is 0 Å². The van der Waals surface area contributed by atoms with Crippen LogP contribution in [0.25, 0.3) is 0 Å². The summed E-state index contributed by atoms with van der Waals surface area (Å²) in [6.07, 6.45) is -6.27. The molecule has 0 saturated carbocycles. The Balaban J connectivity index is 2.78. The molecule has 1 rings (SSSR count). The minimum atomic E-state index is -4.71. The molecule has 1 atom stereocenters. The average molecular weight is 403 g/mol. The highest BCUT2D eigenvalue weighted by Crippen LogP contribution is 2.29. The van der Waals surface area contributed by atoms with E-state index in [1.165, 1.54) is 24.3 Å². The molecule has 22 heavy (non-hydrogen) atoms. The smallest absolute Gasteiger partial charge is 0.393 e. The standard InChI is InChI=1S/C12H13BrF3NO4S/c13-9-2-4-10(5-3-9)22(20,21)17-7-8(12(14,15)16)1-6-11(18)19/h2-5,8,17H,1,6-7H2,(H,18,19)/p-1/t8-/m0/s1. The minimum absolute atomic E-state index is 0.184. The van der Waals surface area contributed by atoms with Gasteiger partial charge in [0.15, 0.2) is 0 Å². The van der Waals surface area contributed by atoms with E-state index in [0.29, 0.717) is 4.47 Å². The Morgan fingerprint density at radius 3 is 2.27 bits per heavy atom. The van der Waals surface area contributed by atoms with Gasteiger partial charge < -0.3 is 9.90 Å². The van der Waals surface area contributed by atoms with E-state index in [4.69, 9.17) is 0 Å². The Hall–Kier alpha value is -1.13. The molecule has 5 nitrogen and oxygen atoms in total. The van der Waals surface area contributed by atoms with Crippen LogP contribution in [0.3, 0.4) is 0 Å². The van der Waals surface area contributed by atoms with Crippen LogP contribution in [-0.4, -0.2) is 27.1 Å². The summed E-state index contributed by atoms with van der Waals surface area (Å²) in [5.41, 5.74) is 0. The summed E-state index contributed by atoms with van der Waals surface area (Å²) in [5, 5.41) is 10.3. The van der Waals surface area contributed by atoms with Gasteiger partial charge in [0.05, 0.1) is 10.8 Å². The average Bonchev–Trinajstić information content (AvgIpc) is 2.37. The zero-order chi connectivity index (χ0) is 17.0. The van der Waals surface area contributed by atoms with Crippen LogP contribution in [0.15, 0.2) is 33.6 Å². The Labute approximate surface area is 133 Å². The topological polar surface area (TPSA) is 86.3 Å². The van der Waals surface area contributed by atoms with Crippen molar-refractivity contribution in [3.8, 4) is 0 Å². The van der Waals surface area contributed by atoms with Crippen molar-refractivity contribution in [2.24, 2.45) is 5.92 Å². The fourth-order valence-corrected chi connectivity index (χ4v) is 2.93. The molecule has 124 valence electrons. The predicted octanol–water partition coefficient (Wildman–Crippen LogP) is 1.44. The number of aliphatic carboxylic acids is 1. The molecular formula is C12H12BrF3NO4S-. The van der Waals surface area contributed by atoms with Crippen LogP contribution >= 0.6 is 15.9 Å². The van der Waals surface area contributed by atoms with Crippen LogP contribution < -0.4 is 9.83 Å². The van der Waals surface area contributed by atoms with Gasteiger partial charge in [0, 0.05) is 17.0 Å². The van der Waals surface area contributed by atoms with Gasteiger partial charge in [0.1, 0.15) is 0 Å². The van der Waals surface area contributed by atoms with Crippen molar-refractivity contribution < 1.29 is 31.5 Å². The fourth-order valence-electron chi connectivity index (χ4n) is 1.58. The number of halogens is 4. The largest absolute Gasteiger partial charge is 0.550 e. The lowest BCUT2D eigenvalue weighted by atomic mass is 10.0. The first kappa shape index (κ1) is 18.9. The number of alkyl halides is 3. The molecule has 1 aromatic carbocycles. The number of sulfonamides is 1. The van der Waals surface area contributed by atoms with Crippen LogP contribution in [0.4, 0.5) is 13.2 Å². The molecular weight excluding hydrogens is 391 g/mol. The number of hydrogen-bond donors (Lipinski definition) is 1. The molecule has 1 aromatic rings. The van der Waals surface area contributed by atoms with Crippen LogP contribution in [0.5, 0.6) is 0 Å². The number of benzene rings is 1. The molecule has 0 radical (unpaired) electrons. The number of carbonyl (C=O) groups is 1. The number of nitrogens with one attached hydrogen (secondary N) is 1. The second-order valence-electron chi connectivity index (χ2n) is 4.46. The molecule has 0 amide bonds. The number of hydrogen-bond acceptors (Lipinski definition) is 4. The highest BCUT2D eigenvalue weighted by molar-refractivity contribution is 9.10. The van der Waals surface area contributed by atoms with Gasteiger partial charge in [-0.2, -0.15) is 13.2 Å². The number of carbonyl (C=O) groups excluding carboxylic acids is 1. The van der Waals surface area contributed by atoms with Crippen molar-refractivity contribution in [2.75, 3.05) is 6.54 Å². The Kier molecular flexibility index (Phi) is 6.38. The van der Waals surface area contributed by atoms with Crippen LogP contribution in [-0.2, 0) is 14.8 Å². The van der Waals surface area contributed by atoms with Crippen molar-refractivity contribution in [3.63, 3.8) is 0 Å². The van der Waals surface area contributed by atoms with Crippen molar-refractivity contribution in [1.82, 2.24) is 4.72 Å².